The maximum atomic E-state index is 9.55. The van der Waals surface area contributed by atoms with Crippen LogP contribution in [0.2, 0.25) is 0 Å². The lowest BCUT2D eigenvalue weighted by Crippen LogP contribution is -2.11. The smallest absolute Gasteiger partial charge is 0.328 e. The predicted molar refractivity (Wildman–Crippen MR) is 98.8 cm³/mol. The number of carboxylic acids is 2. The quantitative estimate of drug-likeness (QED) is 0.767. The third-order valence-corrected chi connectivity index (χ3v) is 3.92. The van der Waals surface area contributed by atoms with Gasteiger partial charge < -0.3 is 15.1 Å². The van der Waals surface area contributed by atoms with E-state index >= 15 is 0 Å². The minimum Gasteiger partial charge on any atom is -0.478 e. The van der Waals surface area contributed by atoms with Crippen LogP contribution in [-0.4, -0.2) is 41.1 Å². The van der Waals surface area contributed by atoms with E-state index in [2.05, 4.69) is 73.6 Å². The minimum atomic E-state index is -1.26. The second kappa shape index (κ2) is 11.1. The Labute approximate surface area is 151 Å². The highest BCUT2D eigenvalue weighted by Gasteiger charge is 2.04. The molecule has 25 heavy (non-hydrogen) atoms. The Morgan fingerprint density at radius 3 is 1.96 bits per heavy atom. The fourth-order valence-electron chi connectivity index (χ4n) is 1.83. The maximum Gasteiger partial charge on any atom is 0.328 e. The molecule has 0 unspecified atom stereocenters. The van der Waals surface area contributed by atoms with Crippen molar-refractivity contribution >= 4 is 23.7 Å². The van der Waals surface area contributed by atoms with Crippen LogP contribution < -0.4 is 0 Å². The van der Waals surface area contributed by atoms with E-state index in [1.807, 2.05) is 11.8 Å². The van der Waals surface area contributed by atoms with Crippen molar-refractivity contribution in [2.45, 2.75) is 16.3 Å². The summed E-state index contributed by atoms with van der Waals surface area (Å²) in [5.74, 6) is -2.51. The molecule has 2 aromatic rings. The lowest BCUT2D eigenvalue weighted by Gasteiger charge is -2.13. The molecule has 2 aromatic carbocycles. The van der Waals surface area contributed by atoms with Gasteiger partial charge in [-0.15, -0.1) is 0 Å². The lowest BCUT2D eigenvalue weighted by atomic mass is 10.2. The molecule has 0 atom stereocenters. The van der Waals surface area contributed by atoms with Gasteiger partial charge in [0.1, 0.15) is 0 Å². The molecule has 2 rings (SSSR count). The van der Waals surface area contributed by atoms with Crippen LogP contribution in [0.15, 0.2) is 76.5 Å². The summed E-state index contributed by atoms with van der Waals surface area (Å²) in [5.41, 5.74) is 1.38. The Balaban J connectivity index is 0.000000333. The van der Waals surface area contributed by atoms with Crippen LogP contribution in [-0.2, 0) is 16.1 Å². The molecule has 2 N–H and O–H groups in total. The molecule has 0 radical (unpaired) electrons. The summed E-state index contributed by atoms with van der Waals surface area (Å²) in [7, 11) is 4.20. The first-order valence-corrected chi connectivity index (χ1v) is 8.29. The molecule has 0 aromatic heterocycles. The largest absolute Gasteiger partial charge is 0.478 e. The van der Waals surface area contributed by atoms with Crippen LogP contribution >= 0.6 is 11.8 Å². The number of hydrogen-bond donors (Lipinski definition) is 2. The molecule has 0 saturated heterocycles. The van der Waals surface area contributed by atoms with Gasteiger partial charge in [0.25, 0.3) is 0 Å². The zero-order valence-electron chi connectivity index (χ0n) is 14.1. The average Bonchev–Trinajstić information content (AvgIpc) is 2.56. The third kappa shape index (κ3) is 9.34. The summed E-state index contributed by atoms with van der Waals surface area (Å²) >= 11 is 1.83. The molecule has 0 amide bonds. The summed E-state index contributed by atoms with van der Waals surface area (Å²) in [6, 6.07) is 19.1. The van der Waals surface area contributed by atoms with Gasteiger partial charge in [0.2, 0.25) is 0 Å². The van der Waals surface area contributed by atoms with Gasteiger partial charge in [0.15, 0.2) is 0 Å². The number of nitrogens with zero attached hydrogens (tertiary/aromatic N) is 1. The van der Waals surface area contributed by atoms with E-state index in [1.54, 1.807) is 0 Å². The molecule has 0 saturated carbocycles. The Morgan fingerprint density at radius 2 is 1.44 bits per heavy atom. The number of carbonyl (C=O) groups is 2. The number of benzene rings is 2. The molecule has 0 aliphatic heterocycles. The van der Waals surface area contributed by atoms with Crippen molar-refractivity contribution in [2.24, 2.45) is 0 Å². The Morgan fingerprint density at radius 1 is 0.920 bits per heavy atom. The van der Waals surface area contributed by atoms with Crippen molar-refractivity contribution in [1.82, 2.24) is 4.90 Å². The van der Waals surface area contributed by atoms with Crippen LogP contribution in [0.3, 0.4) is 0 Å². The summed E-state index contributed by atoms with van der Waals surface area (Å²) in [5, 5.41) is 15.6. The molecule has 0 aliphatic rings. The second-order valence-corrected chi connectivity index (χ2v) is 6.39. The lowest BCUT2D eigenvalue weighted by molar-refractivity contribution is -0.134. The highest BCUT2D eigenvalue weighted by Crippen LogP contribution is 2.30. The van der Waals surface area contributed by atoms with Crippen molar-refractivity contribution in [3.8, 4) is 0 Å². The van der Waals surface area contributed by atoms with Crippen LogP contribution in [0.1, 0.15) is 5.56 Å². The van der Waals surface area contributed by atoms with E-state index in [1.165, 1.54) is 15.4 Å². The Kier molecular flexibility index (Phi) is 9.06. The maximum absolute atomic E-state index is 9.55. The van der Waals surface area contributed by atoms with Gasteiger partial charge >= 0.3 is 11.9 Å². The fourth-order valence-corrected chi connectivity index (χ4v) is 2.79. The van der Waals surface area contributed by atoms with Crippen LogP contribution in [0, 0.1) is 0 Å². The van der Waals surface area contributed by atoms with Crippen molar-refractivity contribution < 1.29 is 19.8 Å². The van der Waals surface area contributed by atoms with E-state index in [-0.39, 0.29) is 0 Å². The van der Waals surface area contributed by atoms with Gasteiger partial charge in [0, 0.05) is 28.5 Å². The number of rotatable bonds is 6. The summed E-state index contributed by atoms with van der Waals surface area (Å²) < 4.78 is 0. The van der Waals surface area contributed by atoms with Crippen LogP contribution in [0.25, 0.3) is 0 Å². The average molecular weight is 359 g/mol. The minimum absolute atomic E-state index is 0.558. The van der Waals surface area contributed by atoms with E-state index in [4.69, 9.17) is 10.2 Å². The van der Waals surface area contributed by atoms with E-state index in [9.17, 15) is 9.59 Å². The van der Waals surface area contributed by atoms with Gasteiger partial charge in [-0.3, -0.25) is 0 Å². The number of carboxylic acid groups (broad SMARTS) is 2. The Bertz CT molecular complexity index is 698. The van der Waals surface area contributed by atoms with Gasteiger partial charge in [-0.1, -0.05) is 48.2 Å². The first-order valence-electron chi connectivity index (χ1n) is 7.48. The van der Waals surface area contributed by atoms with E-state index in [0.717, 1.165) is 6.54 Å². The summed E-state index contributed by atoms with van der Waals surface area (Å²) in [6.07, 6.45) is 1.12. The van der Waals surface area contributed by atoms with Crippen molar-refractivity contribution in [3.05, 3.63) is 72.3 Å². The highest BCUT2D eigenvalue weighted by atomic mass is 32.2. The zero-order valence-corrected chi connectivity index (χ0v) is 14.9. The molecule has 0 spiro atoms. The summed E-state index contributed by atoms with van der Waals surface area (Å²) in [6.45, 7) is 0.982. The molecule has 0 bridgehead atoms. The molecular weight excluding hydrogens is 338 g/mol. The zero-order chi connectivity index (χ0) is 18.7. The molecule has 0 fully saturated rings. The predicted octanol–water partition coefficient (Wildman–Crippen LogP) is 3.61. The monoisotopic (exact) mass is 359 g/mol. The van der Waals surface area contributed by atoms with Gasteiger partial charge in [-0.25, -0.2) is 9.59 Å². The molecule has 5 nitrogen and oxygen atoms in total. The topological polar surface area (TPSA) is 77.8 Å². The van der Waals surface area contributed by atoms with Crippen LogP contribution in [0.5, 0.6) is 0 Å². The second-order valence-electron chi connectivity index (χ2n) is 5.27. The van der Waals surface area contributed by atoms with Gasteiger partial charge in [-0.2, -0.15) is 0 Å². The van der Waals surface area contributed by atoms with E-state index in [0.29, 0.717) is 12.2 Å². The molecule has 6 heteroatoms. The SMILES string of the molecule is CN(C)Cc1ccccc1Sc1ccccc1.O=C(O)/C=C\C(=O)O. The Hall–Kier alpha value is -2.57. The normalized spacial score (nSPS) is 10.4. The number of hydrogen-bond acceptors (Lipinski definition) is 4. The van der Waals surface area contributed by atoms with Gasteiger partial charge in [-0.05, 0) is 37.9 Å². The fraction of sp³-hybridized carbons (Fsp3) is 0.158. The molecular formula is C19H21NO4S. The molecule has 0 aliphatic carbocycles. The summed E-state index contributed by atoms with van der Waals surface area (Å²) in [4.78, 5) is 23.9. The molecule has 0 heterocycles. The van der Waals surface area contributed by atoms with E-state index < -0.39 is 11.9 Å². The van der Waals surface area contributed by atoms with Crippen molar-refractivity contribution in [3.63, 3.8) is 0 Å². The van der Waals surface area contributed by atoms with Crippen molar-refractivity contribution in [1.29, 1.82) is 0 Å². The first kappa shape index (κ1) is 20.5. The highest BCUT2D eigenvalue weighted by molar-refractivity contribution is 7.99. The first-order chi connectivity index (χ1) is 11.9. The molecule has 132 valence electrons. The van der Waals surface area contributed by atoms with Crippen LogP contribution in [0.4, 0.5) is 0 Å². The third-order valence-electron chi connectivity index (χ3n) is 2.80. The standard InChI is InChI=1S/C15H17NS.C4H4O4/c1-16(2)12-13-8-6-7-11-15(13)17-14-9-4-3-5-10-14;5-3(6)1-2-4(7)8/h3-11H,12H2,1-2H3;1-2H,(H,5,6)(H,7,8)/b;2-1-. The number of aliphatic carboxylic acids is 2. The van der Waals surface area contributed by atoms with Gasteiger partial charge in [0.05, 0.1) is 0 Å². The van der Waals surface area contributed by atoms with Crippen molar-refractivity contribution in [2.75, 3.05) is 14.1 Å².